The van der Waals surface area contributed by atoms with Gasteiger partial charge in [0.05, 0.1) is 28.5 Å². The van der Waals surface area contributed by atoms with Gasteiger partial charge in [0.15, 0.2) is 11.5 Å². The van der Waals surface area contributed by atoms with Gasteiger partial charge in [-0.05, 0) is 106 Å². The Hall–Kier alpha value is -4.87. The molecule has 0 atom stereocenters. The van der Waals surface area contributed by atoms with Crippen LogP contribution in [0.2, 0.25) is 0 Å². The third-order valence-electron chi connectivity index (χ3n) is 9.61. The van der Waals surface area contributed by atoms with Gasteiger partial charge in [0.2, 0.25) is 0 Å². The van der Waals surface area contributed by atoms with Gasteiger partial charge < -0.3 is 18.9 Å². The van der Waals surface area contributed by atoms with Crippen LogP contribution in [0.25, 0.3) is 20.1 Å². The number of aryl methyl sites for hydroxylation is 1. The fraction of sp³-hybridized carbons (Fsp3) is 0.325. The second-order valence-corrected chi connectivity index (χ2v) is 15.1. The van der Waals surface area contributed by atoms with E-state index in [2.05, 4.69) is 0 Å². The van der Waals surface area contributed by atoms with Gasteiger partial charge in [0.1, 0.15) is 26.7 Å². The molecule has 0 saturated heterocycles. The Balaban J connectivity index is 0.991. The van der Waals surface area contributed by atoms with E-state index in [4.69, 9.17) is 23.9 Å². The first kappa shape index (κ1) is 34.6. The van der Waals surface area contributed by atoms with Crippen molar-refractivity contribution in [2.24, 2.45) is 23.7 Å². The summed E-state index contributed by atoms with van der Waals surface area (Å²) in [5.41, 5.74) is 1.53. The summed E-state index contributed by atoms with van der Waals surface area (Å²) in [5.74, 6) is -0.878. The number of thiazole rings is 1. The van der Waals surface area contributed by atoms with Crippen LogP contribution in [-0.4, -0.2) is 28.9 Å². The summed E-state index contributed by atoms with van der Waals surface area (Å²) in [7, 11) is 0. The highest BCUT2D eigenvalue weighted by molar-refractivity contribution is 7.25. The van der Waals surface area contributed by atoms with E-state index >= 15 is 0 Å². The highest BCUT2D eigenvalue weighted by Crippen LogP contribution is 2.43. The van der Waals surface area contributed by atoms with E-state index in [1.54, 1.807) is 36.4 Å². The van der Waals surface area contributed by atoms with E-state index in [0.717, 1.165) is 15.4 Å². The quantitative estimate of drug-likeness (QED) is 0.108. The predicted molar refractivity (Wildman–Crippen MR) is 194 cm³/mol. The van der Waals surface area contributed by atoms with Gasteiger partial charge in [-0.15, -0.1) is 22.7 Å². The van der Waals surface area contributed by atoms with Gasteiger partial charge in [-0.1, -0.05) is 42.0 Å². The number of benzene rings is 3. The summed E-state index contributed by atoms with van der Waals surface area (Å²) in [5, 5.41) is 2.69. The maximum absolute atomic E-state index is 13.4. The molecule has 0 N–H and O–H groups in total. The topological polar surface area (TPSA) is 118 Å². The highest BCUT2D eigenvalue weighted by atomic mass is 32.1. The number of carbonyl (C=O) groups excluding carboxylic acids is 4. The number of ether oxygens (including phenoxy) is 4. The molecule has 51 heavy (non-hydrogen) atoms. The SMILES string of the molecule is Cc1ccc(OC(=O)C2CCC(C(=O)Oc3ccc(OC(=O)C4CCC(C(=O)Oc5ccccc5)CC4)c4nc(-c5cccs5)sc34)CC2)cc1. The van der Waals surface area contributed by atoms with Gasteiger partial charge in [0.25, 0.3) is 0 Å². The number of thiophene rings is 1. The number of nitrogens with zero attached hydrogens (tertiary/aromatic N) is 1. The van der Waals surface area contributed by atoms with Crippen LogP contribution < -0.4 is 18.9 Å². The van der Waals surface area contributed by atoms with Crippen molar-refractivity contribution in [2.75, 3.05) is 0 Å². The molecule has 2 aliphatic rings. The maximum Gasteiger partial charge on any atom is 0.314 e. The van der Waals surface area contributed by atoms with Crippen LogP contribution in [0.4, 0.5) is 0 Å². The highest BCUT2D eigenvalue weighted by Gasteiger charge is 2.34. The molecule has 3 aromatic carbocycles. The Morgan fingerprint density at radius 1 is 0.569 bits per heavy atom. The first-order valence-corrected chi connectivity index (χ1v) is 19.0. The minimum absolute atomic E-state index is 0.274. The molecule has 2 aliphatic carbocycles. The number of aromatic nitrogens is 1. The summed E-state index contributed by atoms with van der Waals surface area (Å²) in [6.45, 7) is 1.97. The van der Waals surface area contributed by atoms with Gasteiger partial charge >= 0.3 is 23.9 Å². The van der Waals surface area contributed by atoms with Crippen molar-refractivity contribution in [2.45, 2.75) is 58.3 Å². The minimum Gasteiger partial charge on any atom is -0.426 e. The zero-order valence-corrected chi connectivity index (χ0v) is 29.7. The molecule has 9 nitrogen and oxygen atoms in total. The fourth-order valence-corrected chi connectivity index (χ4v) is 8.46. The fourth-order valence-electron chi connectivity index (χ4n) is 6.64. The molecule has 11 heteroatoms. The van der Waals surface area contributed by atoms with Gasteiger partial charge in [0, 0.05) is 0 Å². The van der Waals surface area contributed by atoms with Crippen LogP contribution in [-0.2, 0) is 19.2 Å². The lowest BCUT2D eigenvalue weighted by Crippen LogP contribution is -2.30. The molecule has 0 amide bonds. The number of esters is 4. The number of carbonyl (C=O) groups is 4. The average molecular weight is 724 g/mol. The molecular weight excluding hydrogens is 687 g/mol. The molecule has 2 heterocycles. The predicted octanol–water partition coefficient (Wildman–Crippen LogP) is 8.97. The molecule has 2 saturated carbocycles. The lowest BCUT2D eigenvalue weighted by atomic mass is 9.82. The van der Waals surface area contributed by atoms with Crippen molar-refractivity contribution in [1.82, 2.24) is 4.98 Å². The van der Waals surface area contributed by atoms with Gasteiger partial charge in [-0.3, -0.25) is 19.2 Å². The Kier molecular flexibility index (Phi) is 10.6. The Morgan fingerprint density at radius 3 is 1.59 bits per heavy atom. The van der Waals surface area contributed by atoms with E-state index in [9.17, 15) is 19.2 Å². The third-order valence-corrected chi connectivity index (χ3v) is 11.7. The number of fused-ring (bicyclic) bond motifs is 1. The summed E-state index contributed by atoms with van der Waals surface area (Å²) in [6, 6.07) is 23.5. The second-order valence-electron chi connectivity index (χ2n) is 13.1. The summed E-state index contributed by atoms with van der Waals surface area (Å²) in [6.07, 6.45) is 4.18. The van der Waals surface area contributed by atoms with Gasteiger partial charge in [-0.2, -0.15) is 0 Å². The lowest BCUT2D eigenvalue weighted by molar-refractivity contribution is -0.145. The van der Waals surface area contributed by atoms with Crippen LogP contribution >= 0.6 is 22.7 Å². The molecule has 262 valence electrons. The van der Waals surface area contributed by atoms with E-state index < -0.39 is 0 Å². The third kappa shape index (κ3) is 8.21. The van der Waals surface area contributed by atoms with Crippen molar-refractivity contribution in [3.63, 3.8) is 0 Å². The smallest absolute Gasteiger partial charge is 0.314 e. The Labute approximate surface area is 303 Å². The van der Waals surface area contributed by atoms with Crippen LogP contribution in [0.5, 0.6) is 23.0 Å². The first-order chi connectivity index (χ1) is 24.8. The number of hydrogen-bond donors (Lipinski definition) is 0. The van der Waals surface area contributed by atoms with Gasteiger partial charge in [-0.25, -0.2) is 4.98 Å². The minimum atomic E-state index is -0.376. The summed E-state index contributed by atoms with van der Waals surface area (Å²) >= 11 is 2.91. The molecule has 2 aromatic heterocycles. The Morgan fingerprint density at radius 2 is 1.06 bits per heavy atom. The average Bonchev–Trinajstić information content (AvgIpc) is 3.86. The van der Waals surface area contributed by atoms with Crippen molar-refractivity contribution in [3.05, 3.63) is 89.8 Å². The van der Waals surface area contributed by atoms with Crippen LogP contribution in [0.1, 0.15) is 56.9 Å². The Bertz CT molecular complexity index is 2010. The number of hydrogen-bond acceptors (Lipinski definition) is 11. The molecule has 0 spiro atoms. The molecule has 0 bridgehead atoms. The van der Waals surface area contributed by atoms with E-state index in [1.165, 1.54) is 22.7 Å². The molecule has 0 radical (unpaired) electrons. The van der Waals surface area contributed by atoms with Crippen LogP contribution in [0.15, 0.2) is 84.2 Å². The number of rotatable bonds is 9. The zero-order chi connectivity index (χ0) is 35.3. The molecule has 5 aromatic rings. The summed E-state index contributed by atoms with van der Waals surface area (Å²) < 4.78 is 23.7. The molecular formula is C40H37NO8S2. The molecule has 0 aliphatic heterocycles. The van der Waals surface area contributed by atoms with Crippen LogP contribution in [0, 0.1) is 30.6 Å². The molecule has 7 rings (SSSR count). The largest absolute Gasteiger partial charge is 0.426 e. The van der Waals surface area contributed by atoms with Crippen LogP contribution in [0.3, 0.4) is 0 Å². The molecule has 2 fully saturated rings. The lowest BCUT2D eigenvalue weighted by Gasteiger charge is -2.26. The normalized spacial score (nSPS) is 20.3. The molecule has 0 unspecified atom stereocenters. The number of para-hydroxylation sites is 1. The zero-order valence-electron chi connectivity index (χ0n) is 28.1. The summed E-state index contributed by atoms with van der Waals surface area (Å²) in [4.78, 5) is 58.1. The van der Waals surface area contributed by atoms with E-state index in [-0.39, 0.29) is 47.5 Å². The second kappa shape index (κ2) is 15.6. The van der Waals surface area contributed by atoms with Crippen molar-refractivity contribution in [3.8, 4) is 32.9 Å². The first-order valence-electron chi connectivity index (χ1n) is 17.3. The monoisotopic (exact) mass is 723 g/mol. The van der Waals surface area contributed by atoms with Crippen molar-refractivity contribution >= 4 is 56.8 Å². The maximum atomic E-state index is 13.4. The van der Waals surface area contributed by atoms with Crippen molar-refractivity contribution < 1.29 is 38.1 Å². The van der Waals surface area contributed by atoms with Crippen molar-refractivity contribution in [1.29, 1.82) is 0 Å². The van der Waals surface area contributed by atoms with E-state index in [0.29, 0.717) is 84.6 Å². The van der Waals surface area contributed by atoms with E-state index in [1.807, 2.05) is 54.8 Å². The standard InChI is InChI=1S/C40H37NO8S2/c1-24-9-19-30(20-10-24)47-38(43)26-13-17-28(18-14-26)40(45)49-32-22-21-31(34-35(32)51-36(41-34)33-8-5-23-50-33)48-39(44)27-15-11-25(12-16-27)37(42)46-29-6-3-2-4-7-29/h2-10,19-23,25-28H,11-18H2,1H3.